The Labute approximate surface area is 182 Å². The largest absolute Gasteiger partial charge is 0.462 e. The van der Waals surface area contributed by atoms with E-state index in [0.717, 1.165) is 36.1 Å². The van der Waals surface area contributed by atoms with Crippen LogP contribution in [-0.4, -0.2) is 23.6 Å². The summed E-state index contributed by atoms with van der Waals surface area (Å²) in [5, 5.41) is 6.98. The lowest BCUT2D eigenvalue weighted by Crippen LogP contribution is -2.34. The van der Waals surface area contributed by atoms with Crippen molar-refractivity contribution in [3.05, 3.63) is 49.8 Å². The van der Waals surface area contributed by atoms with Crippen molar-refractivity contribution in [2.75, 3.05) is 11.9 Å². The molecule has 1 aromatic carbocycles. The Kier molecular flexibility index (Phi) is 6.93. The van der Waals surface area contributed by atoms with Gasteiger partial charge >= 0.3 is 5.97 Å². The second-order valence-corrected chi connectivity index (χ2v) is 8.59. The molecule has 0 bridgehead atoms. The summed E-state index contributed by atoms with van der Waals surface area (Å²) < 4.78 is 5.22. The lowest BCUT2D eigenvalue weighted by molar-refractivity contribution is 0.0526. The molecule has 2 aromatic rings. The van der Waals surface area contributed by atoms with Gasteiger partial charge in [0.15, 0.2) is 5.11 Å². The van der Waals surface area contributed by atoms with Crippen LogP contribution in [0.25, 0.3) is 0 Å². The zero-order valence-corrected chi connectivity index (χ0v) is 18.2. The van der Waals surface area contributed by atoms with Crippen LogP contribution in [0, 0.1) is 0 Å². The van der Waals surface area contributed by atoms with Crippen molar-refractivity contribution in [1.82, 2.24) is 5.32 Å². The minimum atomic E-state index is -0.444. The Hall–Kier alpha value is -1.67. The lowest BCUT2D eigenvalue weighted by Gasteiger charge is -2.13. The van der Waals surface area contributed by atoms with Gasteiger partial charge in [0.25, 0.3) is 5.91 Å². The maximum atomic E-state index is 12.5. The number of halogens is 2. The van der Waals surface area contributed by atoms with Gasteiger partial charge in [-0.3, -0.25) is 10.1 Å². The van der Waals surface area contributed by atoms with Crippen LogP contribution in [0.2, 0.25) is 10.0 Å². The Morgan fingerprint density at radius 1 is 1.18 bits per heavy atom. The van der Waals surface area contributed by atoms with Gasteiger partial charge in [-0.15, -0.1) is 11.3 Å². The first kappa shape index (κ1) is 21.0. The summed E-state index contributed by atoms with van der Waals surface area (Å²) in [6.45, 7) is 2.06. The number of rotatable bonds is 4. The third-order valence-electron chi connectivity index (χ3n) is 4.23. The van der Waals surface area contributed by atoms with Gasteiger partial charge in [-0.25, -0.2) is 4.79 Å². The van der Waals surface area contributed by atoms with E-state index in [-0.39, 0.29) is 16.6 Å². The third-order valence-corrected chi connectivity index (χ3v) is 6.08. The third kappa shape index (κ3) is 4.84. The van der Waals surface area contributed by atoms with E-state index in [1.165, 1.54) is 29.5 Å². The molecule has 9 heteroatoms. The maximum Gasteiger partial charge on any atom is 0.341 e. The first-order chi connectivity index (χ1) is 13.4. The van der Waals surface area contributed by atoms with Crippen molar-refractivity contribution in [1.29, 1.82) is 0 Å². The minimum Gasteiger partial charge on any atom is -0.462 e. The highest BCUT2D eigenvalue weighted by atomic mass is 35.5. The van der Waals surface area contributed by atoms with Gasteiger partial charge in [0.1, 0.15) is 5.00 Å². The number of nitrogens with one attached hydrogen (secondary N) is 2. The lowest BCUT2D eigenvalue weighted by atomic mass is 9.95. The number of amides is 1. The van der Waals surface area contributed by atoms with E-state index in [1.807, 2.05) is 0 Å². The fraction of sp³-hybridized carbons (Fsp3) is 0.316. The Bertz CT molecular complexity index is 923. The van der Waals surface area contributed by atoms with E-state index >= 15 is 0 Å². The van der Waals surface area contributed by atoms with Gasteiger partial charge in [-0.1, -0.05) is 23.2 Å². The van der Waals surface area contributed by atoms with Gasteiger partial charge < -0.3 is 10.1 Å². The van der Waals surface area contributed by atoms with Gasteiger partial charge in [0.05, 0.1) is 12.2 Å². The average molecular weight is 457 g/mol. The predicted molar refractivity (Wildman–Crippen MR) is 117 cm³/mol. The van der Waals surface area contributed by atoms with Crippen molar-refractivity contribution in [3.63, 3.8) is 0 Å². The van der Waals surface area contributed by atoms with Crippen LogP contribution in [0.1, 0.15) is 50.9 Å². The van der Waals surface area contributed by atoms with Crippen molar-refractivity contribution in [3.8, 4) is 0 Å². The normalized spacial score (nSPS) is 12.8. The number of thiocarbonyl (C=S) groups is 1. The molecule has 28 heavy (non-hydrogen) atoms. The molecule has 0 unspecified atom stereocenters. The van der Waals surface area contributed by atoms with Gasteiger partial charge in [-0.2, -0.15) is 0 Å². The van der Waals surface area contributed by atoms with Crippen LogP contribution in [0.5, 0.6) is 0 Å². The van der Waals surface area contributed by atoms with Crippen LogP contribution >= 0.6 is 46.8 Å². The molecule has 3 rings (SSSR count). The van der Waals surface area contributed by atoms with E-state index in [0.29, 0.717) is 27.2 Å². The van der Waals surface area contributed by atoms with Gasteiger partial charge in [0.2, 0.25) is 0 Å². The number of benzene rings is 1. The Morgan fingerprint density at radius 3 is 2.54 bits per heavy atom. The van der Waals surface area contributed by atoms with E-state index < -0.39 is 5.91 Å². The van der Waals surface area contributed by atoms with Crippen LogP contribution in [0.3, 0.4) is 0 Å². The number of anilines is 1. The first-order valence-corrected chi connectivity index (χ1v) is 10.8. The average Bonchev–Trinajstić information content (AvgIpc) is 2.98. The molecule has 0 fully saturated rings. The molecule has 0 saturated heterocycles. The fourth-order valence-corrected chi connectivity index (χ4v) is 5.13. The summed E-state index contributed by atoms with van der Waals surface area (Å²) in [4.78, 5) is 26.1. The second kappa shape index (κ2) is 9.22. The van der Waals surface area contributed by atoms with Crippen LogP contribution in [0.4, 0.5) is 5.00 Å². The molecule has 1 heterocycles. The highest BCUT2D eigenvalue weighted by molar-refractivity contribution is 7.80. The van der Waals surface area contributed by atoms with Crippen molar-refractivity contribution >= 4 is 68.7 Å². The standard InChI is InChI=1S/C19H18Cl2N2O3S2/c1-2-26-18(25)15-13-5-3-4-6-14(13)28-17(15)23-19(27)22-16(24)10-7-11(20)9-12(21)8-10/h7-9H,2-6H2,1H3,(H2,22,23,24,27). The highest BCUT2D eigenvalue weighted by Gasteiger charge is 2.27. The predicted octanol–water partition coefficient (Wildman–Crippen LogP) is 5.24. The molecule has 1 aliphatic carbocycles. The molecule has 0 saturated carbocycles. The number of carbonyl (C=O) groups is 2. The fourth-order valence-electron chi connectivity index (χ4n) is 3.07. The zero-order valence-electron chi connectivity index (χ0n) is 15.1. The van der Waals surface area contributed by atoms with Crippen LogP contribution in [0.15, 0.2) is 18.2 Å². The molecule has 2 N–H and O–H groups in total. The number of hydrogen-bond acceptors (Lipinski definition) is 5. The summed E-state index contributed by atoms with van der Waals surface area (Å²) in [6.07, 6.45) is 3.88. The van der Waals surface area contributed by atoms with Crippen molar-refractivity contribution in [2.45, 2.75) is 32.6 Å². The molecular formula is C19H18Cl2N2O3S2. The van der Waals surface area contributed by atoms with Crippen molar-refractivity contribution < 1.29 is 14.3 Å². The van der Waals surface area contributed by atoms with Crippen molar-refractivity contribution in [2.24, 2.45) is 0 Å². The zero-order chi connectivity index (χ0) is 20.3. The van der Waals surface area contributed by atoms with E-state index in [2.05, 4.69) is 10.6 Å². The number of hydrogen-bond donors (Lipinski definition) is 2. The molecule has 0 aliphatic heterocycles. The summed E-state index contributed by atoms with van der Waals surface area (Å²) in [5.41, 5.74) is 1.83. The number of esters is 1. The van der Waals surface area contributed by atoms with E-state index in [1.54, 1.807) is 6.92 Å². The quantitative estimate of drug-likeness (QED) is 0.486. The summed E-state index contributed by atoms with van der Waals surface area (Å²) in [6, 6.07) is 4.54. The monoisotopic (exact) mass is 456 g/mol. The minimum absolute atomic E-state index is 0.0882. The Morgan fingerprint density at radius 2 is 1.86 bits per heavy atom. The second-order valence-electron chi connectivity index (χ2n) is 6.20. The number of carbonyl (C=O) groups excluding carboxylic acids is 2. The van der Waals surface area contributed by atoms with Crippen LogP contribution < -0.4 is 10.6 Å². The molecule has 0 radical (unpaired) electrons. The summed E-state index contributed by atoms with van der Waals surface area (Å²) in [7, 11) is 0. The molecule has 0 atom stereocenters. The van der Waals surface area contributed by atoms with Crippen LogP contribution in [-0.2, 0) is 17.6 Å². The van der Waals surface area contributed by atoms with Gasteiger partial charge in [-0.05, 0) is 68.6 Å². The molecular weight excluding hydrogens is 439 g/mol. The number of aryl methyl sites for hydroxylation is 1. The maximum absolute atomic E-state index is 12.5. The molecule has 1 amide bonds. The smallest absolute Gasteiger partial charge is 0.341 e. The number of ether oxygens (including phenoxy) is 1. The molecule has 148 valence electrons. The molecule has 1 aromatic heterocycles. The topological polar surface area (TPSA) is 67.4 Å². The number of thiophene rings is 1. The SMILES string of the molecule is CCOC(=O)c1c(NC(=S)NC(=O)c2cc(Cl)cc(Cl)c2)sc2c1CCCC2. The summed E-state index contributed by atoms with van der Waals surface area (Å²) >= 11 is 18.6. The molecule has 1 aliphatic rings. The summed E-state index contributed by atoms with van der Waals surface area (Å²) in [5.74, 6) is -0.818. The molecule has 0 spiro atoms. The Balaban J connectivity index is 1.79. The van der Waals surface area contributed by atoms with Gasteiger partial charge in [0, 0.05) is 20.5 Å². The highest BCUT2D eigenvalue weighted by Crippen LogP contribution is 2.38. The number of fused-ring (bicyclic) bond motifs is 1. The van der Waals surface area contributed by atoms with E-state index in [9.17, 15) is 9.59 Å². The molecule has 5 nitrogen and oxygen atoms in total. The first-order valence-electron chi connectivity index (χ1n) is 8.79. The van der Waals surface area contributed by atoms with E-state index in [4.69, 9.17) is 40.2 Å².